The molecule has 0 heterocycles. The van der Waals surface area contributed by atoms with Gasteiger partial charge in [-0.2, -0.15) is 0 Å². The predicted molar refractivity (Wildman–Crippen MR) is 64.4 cm³/mol. The van der Waals surface area contributed by atoms with E-state index >= 15 is 0 Å². The lowest BCUT2D eigenvalue weighted by Crippen LogP contribution is -1.97. The van der Waals surface area contributed by atoms with Crippen LogP contribution < -0.4 is 5.73 Å². The summed E-state index contributed by atoms with van der Waals surface area (Å²) in [6, 6.07) is 9.68. The average Bonchev–Trinajstić information content (AvgIpc) is 2.33. The molecule has 2 N–H and O–H groups in total. The van der Waals surface area contributed by atoms with E-state index in [1.165, 1.54) is 6.07 Å². The highest BCUT2D eigenvalue weighted by molar-refractivity contribution is 5.68. The zero-order valence-corrected chi connectivity index (χ0v) is 9.50. The Bertz CT molecular complexity index is 550. The highest BCUT2D eigenvalue weighted by Crippen LogP contribution is 2.26. The van der Waals surface area contributed by atoms with E-state index in [0.717, 1.165) is 22.8 Å². The summed E-state index contributed by atoms with van der Waals surface area (Å²) in [7, 11) is 0. The van der Waals surface area contributed by atoms with Crippen molar-refractivity contribution in [3.05, 3.63) is 59.2 Å². The van der Waals surface area contributed by atoms with Crippen LogP contribution in [0.5, 0.6) is 0 Å². The van der Waals surface area contributed by atoms with Crippen LogP contribution in [0.1, 0.15) is 11.1 Å². The van der Waals surface area contributed by atoms with Gasteiger partial charge in [-0.05, 0) is 47.4 Å². The first kappa shape index (κ1) is 11.7. The molecule has 0 aliphatic carbocycles. The summed E-state index contributed by atoms with van der Waals surface area (Å²) in [6.07, 6.45) is 0. The monoisotopic (exact) mass is 233 g/mol. The number of aryl methyl sites for hydroxylation is 1. The van der Waals surface area contributed by atoms with Crippen molar-refractivity contribution in [1.82, 2.24) is 0 Å². The summed E-state index contributed by atoms with van der Waals surface area (Å²) < 4.78 is 26.0. The van der Waals surface area contributed by atoms with Crippen LogP contribution in [0.3, 0.4) is 0 Å². The Labute approximate surface area is 98.9 Å². The lowest BCUT2D eigenvalue weighted by Gasteiger charge is -2.08. The molecule has 0 radical (unpaired) electrons. The molecule has 17 heavy (non-hydrogen) atoms. The first-order valence-electron chi connectivity index (χ1n) is 5.37. The molecule has 0 atom stereocenters. The molecular weight excluding hydrogens is 220 g/mol. The van der Waals surface area contributed by atoms with Crippen molar-refractivity contribution in [2.24, 2.45) is 5.73 Å². The first-order chi connectivity index (χ1) is 8.11. The molecule has 1 nitrogen and oxygen atoms in total. The Kier molecular flexibility index (Phi) is 3.20. The molecule has 3 heteroatoms. The third-order valence-corrected chi connectivity index (χ3v) is 2.77. The molecule has 0 saturated carbocycles. The van der Waals surface area contributed by atoms with E-state index in [1.807, 2.05) is 25.1 Å². The van der Waals surface area contributed by atoms with E-state index in [9.17, 15) is 8.78 Å². The van der Waals surface area contributed by atoms with Gasteiger partial charge in [0.05, 0.1) is 0 Å². The van der Waals surface area contributed by atoms with E-state index in [1.54, 1.807) is 6.07 Å². The van der Waals surface area contributed by atoms with Gasteiger partial charge in [-0.3, -0.25) is 0 Å². The van der Waals surface area contributed by atoms with Gasteiger partial charge in [0.25, 0.3) is 0 Å². The zero-order chi connectivity index (χ0) is 12.4. The Hall–Kier alpha value is -1.74. The fourth-order valence-corrected chi connectivity index (χ4v) is 1.77. The molecule has 0 aliphatic rings. The zero-order valence-electron chi connectivity index (χ0n) is 9.50. The minimum Gasteiger partial charge on any atom is -0.326 e. The van der Waals surface area contributed by atoms with Crippen molar-refractivity contribution in [3.8, 4) is 11.1 Å². The molecule has 0 fully saturated rings. The van der Waals surface area contributed by atoms with Crippen LogP contribution in [0.2, 0.25) is 0 Å². The van der Waals surface area contributed by atoms with Crippen LogP contribution >= 0.6 is 0 Å². The maximum absolute atomic E-state index is 13.2. The summed E-state index contributed by atoms with van der Waals surface area (Å²) in [5, 5.41) is 0. The van der Waals surface area contributed by atoms with E-state index in [-0.39, 0.29) is 0 Å². The number of hydrogen-bond acceptors (Lipinski definition) is 1. The van der Waals surface area contributed by atoms with Crippen molar-refractivity contribution in [3.63, 3.8) is 0 Å². The molecular formula is C14H13F2N. The lowest BCUT2D eigenvalue weighted by atomic mass is 9.98. The smallest absolute Gasteiger partial charge is 0.159 e. The largest absolute Gasteiger partial charge is 0.326 e. The van der Waals surface area contributed by atoms with E-state index in [4.69, 9.17) is 5.73 Å². The Morgan fingerprint density at radius 3 is 2.41 bits per heavy atom. The van der Waals surface area contributed by atoms with Gasteiger partial charge in [0.15, 0.2) is 11.6 Å². The Morgan fingerprint density at radius 2 is 1.76 bits per heavy atom. The summed E-state index contributed by atoms with van der Waals surface area (Å²) >= 11 is 0. The highest BCUT2D eigenvalue weighted by atomic mass is 19.2. The van der Waals surface area contributed by atoms with Crippen LogP contribution in [0.4, 0.5) is 8.78 Å². The molecule has 0 unspecified atom stereocenters. The highest BCUT2D eigenvalue weighted by Gasteiger charge is 2.07. The number of benzene rings is 2. The van der Waals surface area contributed by atoms with Crippen molar-refractivity contribution >= 4 is 0 Å². The lowest BCUT2D eigenvalue weighted by molar-refractivity contribution is 0.509. The molecule has 2 aromatic carbocycles. The molecule has 2 aromatic rings. The van der Waals surface area contributed by atoms with Crippen LogP contribution in [0, 0.1) is 18.6 Å². The molecule has 2 rings (SSSR count). The molecule has 0 bridgehead atoms. The molecule has 0 amide bonds. The van der Waals surface area contributed by atoms with Gasteiger partial charge in [0.2, 0.25) is 0 Å². The van der Waals surface area contributed by atoms with Crippen molar-refractivity contribution < 1.29 is 8.78 Å². The second-order valence-corrected chi connectivity index (χ2v) is 3.98. The van der Waals surface area contributed by atoms with Crippen LogP contribution in [0.15, 0.2) is 36.4 Å². The minimum atomic E-state index is -0.833. The van der Waals surface area contributed by atoms with Gasteiger partial charge in [0, 0.05) is 6.54 Å². The predicted octanol–water partition coefficient (Wildman–Crippen LogP) is 3.40. The topological polar surface area (TPSA) is 26.0 Å². The first-order valence-corrected chi connectivity index (χ1v) is 5.37. The Balaban J connectivity index is 2.55. The number of halogens is 2. The standard InChI is InChI=1S/C14H13F2N/c1-9-2-3-10(8-17)6-12(9)11-4-5-13(15)14(16)7-11/h2-7H,8,17H2,1H3. The fourth-order valence-electron chi connectivity index (χ4n) is 1.77. The molecule has 0 saturated heterocycles. The molecule has 0 aliphatic heterocycles. The summed E-state index contributed by atoms with van der Waals surface area (Å²) in [5.41, 5.74) is 9.09. The van der Waals surface area contributed by atoms with Crippen molar-refractivity contribution in [2.75, 3.05) is 0 Å². The molecule has 0 spiro atoms. The Morgan fingerprint density at radius 1 is 1.00 bits per heavy atom. The summed E-state index contributed by atoms with van der Waals surface area (Å²) in [6.45, 7) is 2.36. The average molecular weight is 233 g/mol. The maximum Gasteiger partial charge on any atom is 0.159 e. The summed E-state index contributed by atoms with van der Waals surface area (Å²) in [4.78, 5) is 0. The summed E-state index contributed by atoms with van der Waals surface area (Å²) in [5.74, 6) is -1.67. The van der Waals surface area contributed by atoms with Gasteiger partial charge < -0.3 is 5.73 Å². The van der Waals surface area contributed by atoms with E-state index in [2.05, 4.69) is 0 Å². The van der Waals surface area contributed by atoms with Crippen molar-refractivity contribution in [2.45, 2.75) is 13.5 Å². The van der Waals surface area contributed by atoms with Gasteiger partial charge in [-0.25, -0.2) is 8.78 Å². The third kappa shape index (κ3) is 2.34. The maximum atomic E-state index is 13.2. The van der Waals surface area contributed by atoms with E-state index in [0.29, 0.717) is 12.1 Å². The SMILES string of the molecule is Cc1ccc(CN)cc1-c1ccc(F)c(F)c1. The second kappa shape index (κ2) is 4.63. The third-order valence-electron chi connectivity index (χ3n) is 2.77. The molecule has 0 aromatic heterocycles. The van der Waals surface area contributed by atoms with Gasteiger partial charge in [-0.1, -0.05) is 18.2 Å². The van der Waals surface area contributed by atoms with Crippen LogP contribution in [0.25, 0.3) is 11.1 Å². The van der Waals surface area contributed by atoms with Gasteiger partial charge in [-0.15, -0.1) is 0 Å². The second-order valence-electron chi connectivity index (χ2n) is 3.98. The van der Waals surface area contributed by atoms with Crippen LogP contribution in [-0.2, 0) is 6.54 Å². The van der Waals surface area contributed by atoms with Crippen LogP contribution in [-0.4, -0.2) is 0 Å². The number of rotatable bonds is 2. The van der Waals surface area contributed by atoms with Gasteiger partial charge >= 0.3 is 0 Å². The van der Waals surface area contributed by atoms with E-state index < -0.39 is 11.6 Å². The van der Waals surface area contributed by atoms with Gasteiger partial charge in [0.1, 0.15) is 0 Å². The molecule has 88 valence electrons. The fraction of sp³-hybridized carbons (Fsp3) is 0.143. The number of nitrogens with two attached hydrogens (primary N) is 1. The van der Waals surface area contributed by atoms with Crippen molar-refractivity contribution in [1.29, 1.82) is 0 Å². The number of hydrogen-bond donors (Lipinski definition) is 1. The quantitative estimate of drug-likeness (QED) is 0.845. The minimum absolute atomic E-state index is 0.428. The normalized spacial score (nSPS) is 10.6.